The van der Waals surface area contributed by atoms with E-state index >= 15 is 0 Å². The Kier molecular flexibility index (Phi) is 7.96. The van der Waals surface area contributed by atoms with Crippen molar-refractivity contribution in [1.82, 2.24) is 15.5 Å². The van der Waals surface area contributed by atoms with E-state index in [1.807, 2.05) is 41.3 Å². The lowest BCUT2D eigenvalue weighted by molar-refractivity contribution is 0.103. The van der Waals surface area contributed by atoms with Crippen LogP contribution >= 0.6 is 23.1 Å². The van der Waals surface area contributed by atoms with Gasteiger partial charge in [0.25, 0.3) is 5.91 Å². The Morgan fingerprint density at radius 1 is 1.23 bits per heavy atom. The number of thioether (sulfide) groups is 1. The normalized spacial score (nSPS) is 13.3. The summed E-state index contributed by atoms with van der Waals surface area (Å²) in [4.78, 5) is 17.5. The molecule has 31 heavy (non-hydrogen) atoms. The Bertz CT molecular complexity index is 968. The molecule has 0 fully saturated rings. The highest BCUT2D eigenvalue weighted by molar-refractivity contribution is 7.99. The summed E-state index contributed by atoms with van der Waals surface area (Å²) in [5.41, 5.74) is 7.24. The van der Waals surface area contributed by atoms with Crippen LogP contribution in [-0.2, 0) is 0 Å². The van der Waals surface area contributed by atoms with Crippen molar-refractivity contribution in [2.75, 3.05) is 37.8 Å². The fourth-order valence-corrected chi connectivity index (χ4v) is 4.81. The number of nitrogens with one attached hydrogen (secondary N) is 5. The number of benzene rings is 1. The summed E-state index contributed by atoms with van der Waals surface area (Å²) >= 11 is 3.15. The minimum absolute atomic E-state index is 0.0218. The molecule has 0 spiro atoms. The first kappa shape index (κ1) is 22.7. The van der Waals surface area contributed by atoms with Crippen LogP contribution in [0.25, 0.3) is 5.57 Å². The van der Waals surface area contributed by atoms with Crippen molar-refractivity contribution in [2.24, 2.45) is 5.73 Å². The van der Waals surface area contributed by atoms with E-state index in [0.717, 1.165) is 34.2 Å². The molecule has 1 aliphatic rings. The van der Waals surface area contributed by atoms with Crippen molar-refractivity contribution in [3.63, 3.8) is 0 Å². The van der Waals surface area contributed by atoms with E-state index in [1.165, 1.54) is 16.9 Å². The Hall–Kier alpha value is -2.98. The van der Waals surface area contributed by atoms with E-state index in [0.29, 0.717) is 23.9 Å². The highest BCUT2D eigenvalue weighted by atomic mass is 32.2. The van der Waals surface area contributed by atoms with Crippen molar-refractivity contribution >= 4 is 52.2 Å². The zero-order valence-electron chi connectivity index (χ0n) is 17.3. The van der Waals surface area contributed by atoms with Crippen LogP contribution in [0.2, 0.25) is 0 Å². The number of amides is 1. The molecule has 1 aromatic heterocycles. The summed E-state index contributed by atoms with van der Waals surface area (Å²) in [6, 6.07) is 11.6. The first-order chi connectivity index (χ1) is 15.0. The molecule has 1 aliphatic heterocycles. The van der Waals surface area contributed by atoms with Gasteiger partial charge >= 0.3 is 0 Å². The number of nitrogens with two attached hydrogens (primary N) is 1. The molecule has 0 atom stereocenters. The van der Waals surface area contributed by atoms with Gasteiger partial charge in [-0.2, -0.15) is 0 Å². The summed E-state index contributed by atoms with van der Waals surface area (Å²) < 4.78 is 0. The molecule has 1 aromatic carbocycles. The van der Waals surface area contributed by atoms with Gasteiger partial charge in [-0.05, 0) is 48.4 Å². The number of thiophene rings is 1. The van der Waals surface area contributed by atoms with Gasteiger partial charge in [0.2, 0.25) is 0 Å². The second kappa shape index (κ2) is 10.9. The fraction of sp³-hybridized carbons (Fsp3) is 0.286. The van der Waals surface area contributed by atoms with E-state index in [1.54, 1.807) is 18.8 Å². The maximum Gasteiger partial charge on any atom is 0.265 e. The topological polar surface area (TPSA) is 130 Å². The van der Waals surface area contributed by atoms with Gasteiger partial charge in [0.05, 0.1) is 4.88 Å². The predicted molar refractivity (Wildman–Crippen MR) is 130 cm³/mol. The Morgan fingerprint density at radius 3 is 2.65 bits per heavy atom. The van der Waals surface area contributed by atoms with E-state index in [4.69, 9.17) is 16.6 Å². The lowest BCUT2D eigenvalue weighted by Crippen LogP contribution is -2.41. The van der Waals surface area contributed by atoms with Gasteiger partial charge in [-0.15, -0.1) is 23.1 Å². The monoisotopic (exact) mass is 457 g/mol. The number of hydrogen-bond acceptors (Lipinski definition) is 5. The summed E-state index contributed by atoms with van der Waals surface area (Å²) in [6.45, 7) is 2.12. The van der Waals surface area contributed by atoms with Crippen molar-refractivity contribution in [2.45, 2.75) is 11.3 Å². The highest BCUT2D eigenvalue weighted by Gasteiger charge is 2.17. The van der Waals surface area contributed by atoms with Crippen LogP contribution in [0.5, 0.6) is 0 Å². The molecule has 0 saturated heterocycles. The third-order valence-electron chi connectivity index (χ3n) is 4.71. The Balaban J connectivity index is 1.52. The lowest BCUT2D eigenvalue weighted by atomic mass is 10.1. The van der Waals surface area contributed by atoms with Crippen LogP contribution in [0.15, 0.2) is 47.4 Å². The zero-order valence-corrected chi connectivity index (χ0v) is 19.0. The number of carbonyl (C=O) groups excluding carboxylic acids is 1. The molecule has 0 bridgehead atoms. The van der Waals surface area contributed by atoms with Gasteiger partial charge < -0.3 is 26.6 Å². The molecule has 0 radical (unpaired) electrons. The smallest absolute Gasteiger partial charge is 0.265 e. The molecular formula is C21H27N7OS2. The SMILES string of the molecule is CNC(=N)N1CC=C(c2ccc(C(=O)Nc3ccc(SCCNC(=N)N)cc3)s2)CC1. The molecule has 2 aromatic rings. The van der Waals surface area contributed by atoms with Crippen LogP contribution in [0.3, 0.4) is 0 Å². The van der Waals surface area contributed by atoms with Crippen LogP contribution in [0.4, 0.5) is 5.69 Å². The number of anilines is 1. The van der Waals surface area contributed by atoms with E-state index in [9.17, 15) is 4.79 Å². The largest absolute Gasteiger partial charge is 0.370 e. The van der Waals surface area contributed by atoms with Crippen molar-refractivity contribution in [1.29, 1.82) is 10.8 Å². The molecule has 0 unspecified atom stereocenters. The molecule has 164 valence electrons. The third kappa shape index (κ3) is 6.50. The number of hydrogen-bond donors (Lipinski definition) is 6. The van der Waals surface area contributed by atoms with Crippen molar-refractivity contribution in [3.05, 3.63) is 52.2 Å². The molecule has 3 rings (SSSR count). The minimum Gasteiger partial charge on any atom is -0.370 e. The Morgan fingerprint density at radius 2 is 2.00 bits per heavy atom. The maximum atomic E-state index is 12.6. The molecule has 0 aliphatic carbocycles. The molecule has 8 nitrogen and oxygen atoms in total. The van der Waals surface area contributed by atoms with Crippen LogP contribution in [-0.4, -0.2) is 55.2 Å². The molecule has 7 N–H and O–H groups in total. The summed E-state index contributed by atoms with van der Waals surface area (Å²) in [7, 11) is 1.76. The molecule has 0 saturated carbocycles. The quantitative estimate of drug-likeness (QED) is 0.164. The average Bonchev–Trinajstić information content (AvgIpc) is 3.28. The van der Waals surface area contributed by atoms with E-state index in [-0.39, 0.29) is 11.9 Å². The zero-order chi connectivity index (χ0) is 22.2. The van der Waals surface area contributed by atoms with Crippen LogP contribution in [0, 0.1) is 10.8 Å². The van der Waals surface area contributed by atoms with Gasteiger partial charge in [-0.1, -0.05) is 6.08 Å². The molecule has 1 amide bonds. The molecule has 10 heteroatoms. The second-order valence-electron chi connectivity index (χ2n) is 6.86. The van der Waals surface area contributed by atoms with Crippen LogP contribution < -0.4 is 21.7 Å². The molecule has 2 heterocycles. The van der Waals surface area contributed by atoms with Gasteiger partial charge in [0.1, 0.15) is 0 Å². The molecular weight excluding hydrogens is 430 g/mol. The average molecular weight is 458 g/mol. The Labute approximate surface area is 190 Å². The third-order valence-corrected chi connectivity index (χ3v) is 6.88. The lowest BCUT2D eigenvalue weighted by Gasteiger charge is -2.27. The van der Waals surface area contributed by atoms with Gasteiger partial charge in [0, 0.05) is 47.9 Å². The van der Waals surface area contributed by atoms with Crippen molar-refractivity contribution in [3.8, 4) is 0 Å². The summed E-state index contributed by atoms with van der Waals surface area (Å²) in [5.74, 6) is 1.09. The van der Waals surface area contributed by atoms with Gasteiger partial charge in [-0.3, -0.25) is 15.6 Å². The number of carbonyl (C=O) groups is 1. The van der Waals surface area contributed by atoms with Crippen molar-refractivity contribution < 1.29 is 4.79 Å². The number of guanidine groups is 2. The van der Waals surface area contributed by atoms with Gasteiger partial charge in [-0.25, -0.2) is 0 Å². The fourth-order valence-electron chi connectivity index (χ4n) is 3.07. The van der Waals surface area contributed by atoms with Gasteiger partial charge in [0.15, 0.2) is 11.9 Å². The van der Waals surface area contributed by atoms with E-state index in [2.05, 4.69) is 22.0 Å². The number of nitrogens with zero attached hydrogens (tertiary/aromatic N) is 1. The predicted octanol–water partition coefficient (Wildman–Crippen LogP) is 2.82. The van der Waals surface area contributed by atoms with E-state index < -0.39 is 0 Å². The maximum absolute atomic E-state index is 12.6. The standard InChI is InChI=1S/C21H27N7OS2/c1-25-21(24)28-11-8-14(9-12-28)17-6-7-18(31-17)19(29)27-15-2-4-16(5-3-15)30-13-10-26-20(22)23/h2-8H,9-13H2,1H3,(H2,24,25)(H,27,29)(H4,22,23,26). The number of rotatable bonds is 7. The van der Waals surface area contributed by atoms with Crippen LogP contribution in [0.1, 0.15) is 21.0 Å². The second-order valence-corrected chi connectivity index (χ2v) is 9.11. The highest BCUT2D eigenvalue weighted by Crippen LogP contribution is 2.29. The first-order valence-electron chi connectivity index (χ1n) is 9.89. The minimum atomic E-state index is -0.114. The summed E-state index contributed by atoms with van der Waals surface area (Å²) in [5, 5.41) is 23.6. The first-order valence-corrected chi connectivity index (χ1v) is 11.7. The summed E-state index contributed by atoms with van der Waals surface area (Å²) in [6.07, 6.45) is 2.98.